The number of benzene rings is 4. The molecular weight excluding hydrogens is 562 g/mol. The molecule has 0 fully saturated rings. The molecule has 0 radical (unpaired) electrons. The summed E-state index contributed by atoms with van der Waals surface area (Å²) in [4.78, 5) is 25.9. The van der Waals surface area contributed by atoms with Crippen molar-refractivity contribution in [2.24, 2.45) is 0 Å². The number of halogens is 2. The van der Waals surface area contributed by atoms with E-state index in [0.29, 0.717) is 26.6 Å². The molecule has 1 aliphatic heterocycles. The van der Waals surface area contributed by atoms with Crippen LogP contribution in [0.3, 0.4) is 0 Å². The molecule has 0 bridgehead atoms. The Balaban J connectivity index is 1.57. The summed E-state index contributed by atoms with van der Waals surface area (Å²) in [6, 6.07) is 25.4. The van der Waals surface area contributed by atoms with Gasteiger partial charge in [0.25, 0.3) is 0 Å². The molecule has 1 N–H and O–H groups in total. The molecule has 4 aromatic rings. The Kier molecular flexibility index (Phi) is 6.22. The van der Waals surface area contributed by atoms with E-state index in [1.807, 2.05) is 36.4 Å². The summed E-state index contributed by atoms with van der Waals surface area (Å²) in [6.45, 7) is 0.546. The summed E-state index contributed by atoms with van der Waals surface area (Å²) in [5, 5.41) is 3.37. The number of nitrogens with one attached hydrogen (secondary N) is 1. The van der Waals surface area contributed by atoms with Gasteiger partial charge in [-0.15, -0.1) is 0 Å². The number of carbonyl (C=O) groups is 2. The minimum Gasteiger partial charge on any atom is -0.419 e. The molecule has 5 nitrogen and oxygen atoms in total. The predicted octanol–water partition coefficient (Wildman–Crippen LogP) is 7.24. The van der Waals surface area contributed by atoms with Crippen LogP contribution >= 0.6 is 31.9 Å². The molecule has 168 valence electrons. The van der Waals surface area contributed by atoms with E-state index in [-0.39, 0.29) is 11.5 Å². The SMILES string of the molecule is O=C(Oc1cc2c(cc1OC(=O)c1ccccc1Br)-c1ccccc1NC2)c1ccccc1Br. The summed E-state index contributed by atoms with van der Waals surface area (Å²) >= 11 is 6.77. The van der Waals surface area contributed by atoms with Gasteiger partial charge >= 0.3 is 11.9 Å². The van der Waals surface area contributed by atoms with Crippen LogP contribution in [0.4, 0.5) is 5.69 Å². The van der Waals surface area contributed by atoms with Gasteiger partial charge in [-0.2, -0.15) is 0 Å². The van der Waals surface area contributed by atoms with E-state index in [2.05, 4.69) is 37.2 Å². The van der Waals surface area contributed by atoms with Gasteiger partial charge < -0.3 is 14.8 Å². The van der Waals surface area contributed by atoms with Crippen molar-refractivity contribution in [3.63, 3.8) is 0 Å². The van der Waals surface area contributed by atoms with E-state index in [0.717, 1.165) is 22.4 Å². The maximum atomic E-state index is 13.0. The third-order valence-corrected chi connectivity index (χ3v) is 6.83. The van der Waals surface area contributed by atoms with E-state index in [1.165, 1.54) is 0 Å². The number of ether oxygens (including phenoxy) is 2. The number of hydrogen-bond acceptors (Lipinski definition) is 5. The minimum absolute atomic E-state index is 0.164. The Hall–Kier alpha value is -3.42. The summed E-state index contributed by atoms with van der Waals surface area (Å²) in [7, 11) is 0. The van der Waals surface area contributed by atoms with Crippen LogP contribution in [0.5, 0.6) is 11.5 Å². The highest BCUT2D eigenvalue weighted by Crippen LogP contribution is 2.42. The maximum Gasteiger partial charge on any atom is 0.344 e. The Morgan fingerprint density at radius 2 is 1.21 bits per heavy atom. The maximum absolute atomic E-state index is 13.0. The lowest BCUT2D eigenvalue weighted by molar-refractivity contribution is 0.0681. The third kappa shape index (κ3) is 4.36. The Labute approximate surface area is 213 Å². The van der Waals surface area contributed by atoms with E-state index >= 15 is 0 Å². The lowest BCUT2D eigenvalue weighted by atomic mass is 9.94. The van der Waals surface area contributed by atoms with Crippen molar-refractivity contribution in [2.45, 2.75) is 6.54 Å². The zero-order valence-corrected chi connectivity index (χ0v) is 20.9. The second-order valence-corrected chi connectivity index (χ2v) is 9.30. The van der Waals surface area contributed by atoms with Crippen molar-refractivity contribution in [1.29, 1.82) is 0 Å². The molecule has 0 aromatic heterocycles. The van der Waals surface area contributed by atoms with Crippen molar-refractivity contribution in [3.05, 3.63) is 111 Å². The fourth-order valence-electron chi connectivity index (χ4n) is 3.78. The topological polar surface area (TPSA) is 64.6 Å². The van der Waals surface area contributed by atoms with Gasteiger partial charge in [0.2, 0.25) is 0 Å². The third-order valence-electron chi connectivity index (χ3n) is 5.45. The number of fused-ring (bicyclic) bond motifs is 3. The fraction of sp³-hybridized carbons (Fsp3) is 0.0370. The average Bonchev–Trinajstić information content (AvgIpc) is 2.84. The standard InChI is InChI=1S/C27H17Br2NO4/c28-21-10-4-1-8-18(21)26(31)33-24-13-16-15-30-23-12-6-3-7-17(23)20(16)14-25(24)34-27(32)19-9-2-5-11-22(19)29/h1-14,30H,15H2. The van der Waals surface area contributed by atoms with Gasteiger partial charge in [0.05, 0.1) is 11.1 Å². The number of anilines is 1. The van der Waals surface area contributed by atoms with Crippen LogP contribution in [-0.2, 0) is 6.54 Å². The number of esters is 2. The minimum atomic E-state index is -0.562. The van der Waals surface area contributed by atoms with Gasteiger partial charge in [0, 0.05) is 26.7 Å². The quantitative estimate of drug-likeness (QED) is 0.204. The highest BCUT2D eigenvalue weighted by Gasteiger charge is 2.24. The highest BCUT2D eigenvalue weighted by molar-refractivity contribution is 9.10. The average molecular weight is 579 g/mol. The van der Waals surface area contributed by atoms with E-state index in [4.69, 9.17) is 9.47 Å². The van der Waals surface area contributed by atoms with Gasteiger partial charge in [0.1, 0.15) is 0 Å². The van der Waals surface area contributed by atoms with Crippen LogP contribution in [0.15, 0.2) is 93.9 Å². The molecule has 4 aromatic carbocycles. The molecule has 5 rings (SSSR count). The lowest BCUT2D eigenvalue weighted by Gasteiger charge is -2.23. The lowest BCUT2D eigenvalue weighted by Crippen LogP contribution is -2.15. The Morgan fingerprint density at radius 3 is 1.82 bits per heavy atom. The van der Waals surface area contributed by atoms with Crippen molar-refractivity contribution in [3.8, 4) is 22.6 Å². The monoisotopic (exact) mass is 577 g/mol. The molecule has 34 heavy (non-hydrogen) atoms. The van der Waals surface area contributed by atoms with Gasteiger partial charge in [-0.25, -0.2) is 9.59 Å². The summed E-state index contributed by atoms with van der Waals surface area (Å²) in [5.41, 5.74) is 4.53. The Bertz CT molecular complexity index is 1430. The summed E-state index contributed by atoms with van der Waals surface area (Å²) in [6.07, 6.45) is 0. The Morgan fingerprint density at radius 1 is 0.676 bits per heavy atom. The van der Waals surface area contributed by atoms with E-state index < -0.39 is 11.9 Å². The molecule has 0 aliphatic carbocycles. The first-order valence-electron chi connectivity index (χ1n) is 10.4. The molecule has 0 unspecified atom stereocenters. The second kappa shape index (κ2) is 9.44. The van der Waals surface area contributed by atoms with E-state index in [9.17, 15) is 9.59 Å². The normalized spacial score (nSPS) is 11.6. The number of hydrogen-bond donors (Lipinski definition) is 1. The molecule has 0 saturated heterocycles. The first-order chi connectivity index (χ1) is 16.5. The second-order valence-electron chi connectivity index (χ2n) is 7.59. The largest absolute Gasteiger partial charge is 0.419 e. The number of para-hydroxylation sites is 1. The summed E-state index contributed by atoms with van der Waals surface area (Å²) < 4.78 is 12.8. The van der Waals surface area contributed by atoms with Crippen LogP contribution in [0.2, 0.25) is 0 Å². The van der Waals surface area contributed by atoms with Gasteiger partial charge in [0.15, 0.2) is 11.5 Å². The number of carbonyl (C=O) groups excluding carboxylic acids is 2. The summed E-state index contributed by atoms with van der Waals surface area (Å²) in [5.74, 6) is -0.791. The first-order valence-corrected chi connectivity index (χ1v) is 12.0. The van der Waals surface area contributed by atoms with E-state index in [1.54, 1.807) is 48.5 Å². The molecular formula is C27H17Br2NO4. The van der Waals surface area contributed by atoms with Gasteiger partial charge in [-0.3, -0.25) is 0 Å². The van der Waals surface area contributed by atoms with Crippen LogP contribution in [0.25, 0.3) is 11.1 Å². The first kappa shape index (κ1) is 22.4. The number of rotatable bonds is 4. The van der Waals surface area contributed by atoms with Crippen molar-refractivity contribution in [1.82, 2.24) is 0 Å². The zero-order chi connectivity index (χ0) is 23.7. The molecule has 0 saturated carbocycles. The van der Waals surface area contributed by atoms with Crippen molar-refractivity contribution >= 4 is 49.5 Å². The molecule has 1 aliphatic rings. The fourth-order valence-corrected chi connectivity index (χ4v) is 4.68. The van der Waals surface area contributed by atoms with Crippen molar-refractivity contribution < 1.29 is 19.1 Å². The molecule has 0 atom stereocenters. The highest BCUT2D eigenvalue weighted by atomic mass is 79.9. The van der Waals surface area contributed by atoms with Crippen molar-refractivity contribution in [2.75, 3.05) is 5.32 Å². The van der Waals surface area contributed by atoms with Crippen LogP contribution in [-0.4, -0.2) is 11.9 Å². The van der Waals surface area contributed by atoms with Crippen LogP contribution < -0.4 is 14.8 Å². The van der Waals surface area contributed by atoms with Gasteiger partial charge in [-0.1, -0.05) is 42.5 Å². The molecule has 0 amide bonds. The van der Waals surface area contributed by atoms with Crippen LogP contribution in [0.1, 0.15) is 26.3 Å². The molecule has 0 spiro atoms. The van der Waals surface area contributed by atoms with Crippen LogP contribution in [0, 0.1) is 0 Å². The molecule has 1 heterocycles. The predicted molar refractivity (Wildman–Crippen MR) is 137 cm³/mol. The molecule has 7 heteroatoms. The zero-order valence-electron chi connectivity index (χ0n) is 17.7. The smallest absolute Gasteiger partial charge is 0.344 e. The van der Waals surface area contributed by atoms with Gasteiger partial charge in [-0.05, 0) is 85.5 Å².